The zero-order valence-corrected chi connectivity index (χ0v) is 8.34. The Morgan fingerprint density at radius 2 is 2.00 bits per heavy atom. The third-order valence-corrected chi connectivity index (χ3v) is 1.35. The van der Waals surface area contributed by atoms with Gasteiger partial charge in [0.25, 0.3) is 0 Å². The minimum Gasteiger partial charge on any atom is -0.354 e. The van der Waals surface area contributed by atoms with Crippen LogP contribution in [0.4, 0.5) is 4.79 Å². The minimum absolute atomic E-state index is 0.433. The lowest BCUT2D eigenvalue weighted by Gasteiger charge is -2.08. The summed E-state index contributed by atoms with van der Waals surface area (Å²) in [6, 6.07) is -0.542. The first-order valence-electron chi connectivity index (χ1n) is 4.49. The van der Waals surface area contributed by atoms with E-state index >= 15 is 0 Å². The van der Waals surface area contributed by atoms with Crippen molar-refractivity contribution in [2.75, 3.05) is 19.6 Å². The van der Waals surface area contributed by atoms with Crippen LogP contribution >= 0.6 is 0 Å². The molecule has 0 rings (SSSR count). The first kappa shape index (κ1) is 12.5. The number of carbonyl (C=O) groups is 1. The Bertz CT molecular complexity index is 193. The lowest BCUT2D eigenvalue weighted by molar-refractivity contribution is 0.249. The lowest BCUT2D eigenvalue weighted by atomic mass is 10.5. The van der Waals surface area contributed by atoms with E-state index in [4.69, 9.17) is 11.6 Å². The summed E-state index contributed by atoms with van der Waals surface area (Å²) in [4.78, 5) is 14.4. The molecule has 82 valence electrons. The molecule has 0 saturated carbocycles. The molecule has 0 atom stereocenters. The molecule has 0 aromatic rings. The number of amides is 2. The molecule has 0 fully saturated rings. The topological polar surface area (TPSA) is 118 Å². The van der Waals surface area contributed by atoms with Gasteiger partial charge in [-0.3, -0.25) is 10.4 Å². The van der Waals surface area contributed by atoms with Crippen LogP contribution in [-0.4, -0.2) is 31.6 Å². The number of carbonyl (C=O) groups excluding carboxylic acids is 1. The number of nitrogens with two attached hydrogens (primary N) is 2. The summed E-state index contributed by atoms with van der Waals surface area (Å²) in [6.07, 6.45) is 0.951. The molecule has 0 radical (unpaired) electrons. The molecule has 0 bridgehead atoms. The average Bonchev–Trinajstić information content (AvgIpc) is 2.16. The molecule has 0 saturated heterocycles. The van der Waals surface area contributed by atoms with E-state index in [9.17, 15) is 4.79 Å². The lowest BCUT2D eigenvalue weighted by Crippen LogP contribution is -2.45. The average molecular weight is 202 g/mol. The van der Waals surface area contributed by atoms with E-state index in [0.717, 1.165) is 6.42 Å². The smallest absolute Gasteiger partial charge is 0.312 e. The van der Waals surface area contributed by atoms with Crippen LogP contribution in [0.5, 0.6) is 0 Å². The fourth-order valence-electron chi connectivity index (χ4n) is 0.743. The second-order valence-corrected chi connectivity index (χ2v) is 2.59. The Hall–Kier alpha value is -1.50. The molecule has 7 heteroatoms. The SMILES string of the molecule is CCCN=C(NN)NCCNC(N)=O. The summed E-state index contributed by atoms with van der Waals surface area (Å²) < 4.78 is 0. The van der Waals surface area contributed by atoms with E-state index in [1.54, 1.807) is 0 Å². The summed E-state index contributed by atoms with van der Waals surface area (Å²) in [5.74, 6) is 5.71. The van der Waals surface area contributed by atoms with Crippen molar-refractivity contribution in [2.45, 2.75) is 13.3 Å². The van der Waals surface area contributed by atoms with Crippen molar-refractivity contribution in [3.63, 3.8) is 0 Å². The van der Waals surface area contributed by atoms with Gasteiger partial charge >= 0.3 is 6.03 Å². The van der Waals surface area contributed by atoms with Crippen molar-refractivity contribution in [3.8, 4) is 0 Å². The van der Waals surface area contributed by atoms with E-state index < -0.39 is 6.03 Å². The van der Waals surface area contributed by atoms with Gasteiger partial charge in [-0.15, -0.1) is 0 Å². The standard InChI is InChI=1S/C7H18N6O/c1-2-3-11-7(13-9)12-5-4-10-6(8)14/h2-5,9H2,1H3,(H3,8,10,14)(H2,11,12,13). The van der Waals surface area contributed by atoms with Crippen LogP contribution in [0.1, 0.15) is 13.3 Å². The van der Waals surface area contributed by atoms with Crippen LogP contribution in [0.3, 0.4) is 0 Å². The zero-order chi connectivity index (χ0) is 10.8. The van der Waals surface area contributed by atoms with Gasteiger partial charge in [-0.2, -0.15) is 0 Å². The van der Waals surface area contributed by atoms with Gasteiger partial charge in [0.2, 0.25) is 5.96 Å². The molecular weight excluding hydrogens is 184 g/mol. The predicted molar refractivity (Wildman–Crippen MR) is 55.5 cm³/mol. The molecule has 0 aliphatic carbocycles. The van der Waals surface area contributed by atoms with Crippen LogP contribution in [0, 0.1) is 0 Å². The zero-order valence-electron chi connectivity index (χ0n) is 8.34. The van der Waals surface area contributed by atoms with Gasteiger partial charge in [0.15, 0.2) is 0 Å². The van der Waals surface area contributed by atoms with Gasteiger partial charge in [-0.1, -0.05) is 6.92 Å². The van der Waals surface area contributed by atoms with E-state index in [-0.39, 0.29) is 0 Å². The van der Waals surface area contributed by atoms with Crippen LogP contribution in [-0.2, 0) is 0 Å². The first-order chi connectivity index (χ1) is 6.70. The quantitative estimate of drug-likeness (QED) is 0.122. The fourth-order valence-corrected chi connectivity index (χ4v) is 0.743. The molecule has 7 nitrogen and oxygen atoms in total. The molecule has 7 N–H and O–H groups in total. The van der Waals surface area contributed by atoms with Crippen molar-refractivity contribution >= 4 is 12.0 Å². The normalized spacial score (nSPS) is 10.9. The Morgan fingerprint density at radius 3 is 2.50 bits per heavy atom. The number of primary amides is 1. The molecular formula is C7H18N6O. The van der Waals surface area contributed by atoms with Crippen LogP contribution in [0.15, 0.2) is 4.99 Å². The molecule has 0 heterocycles. The maximum Gasteiger partial charge on any atom is 0.312 e. The number of nitrogens with zero attached hydrogens (tertiary/aromatic N) is 1. The van der Waals surface area contributed by atoms with Crippen molar-refractivity contribution in [1.29, 1.82) is 0 Å². The molecule has 0 spiro atoms. The van der Waals surface area contributed by atoms with Gasteiger partial charge in [0.1, 0.15) is 0 Å². The van der Waals surface area contributed by atoms with Gasteiger partial charge in [-0.25, -0.2) is 10.6 Å². The number of aliphatic imine (C=N–C) groups is 1. The van der Waals surface area contributed by atoms with E-state index in [1.165, 1.54) is 0 Å². The van der Waals surface area contributed by atoms with Crippen LogP contribution in [0.25, 0.3) is 0 Å². The minimum atomic E-state index is -0.542. The van der Waals surface area contributed by atoms with Crippen LogP contribution < -0.4 is 27.6 Å². The number of rotatable bonds is 5. The number of guanidine groups is 1. The Balaban J connectivity index is 3.57. The second-order valence-electron chi connectivity index (χ2n) is 2.59. The number of hydrogen-bond donors (Lipinski definition) is 5. The van der Waals surface area contributed by atoms with Gasteiger partial charge in [0.05, 0.1) is 0 Å². The fraction of sp³-hybridized carbons (Fsp3) is 0.714. The van der Waals surface area contributed by atoms with Gasteiger partial charge < -0.3 is 16.4 Å². The summed E-state index contributed by atoms with van der Waals surface area (Å²) in [5.41, 5.74) is 7.29. The summed E-state index contributed by atoms with van der Waals surface area (Å²) >= 11 is 0. The molecule has 0 aromatic carbocycles. The number of urea groups is 1. The van der Waals surface area contributed by atoms with Crippen LogP contribution in [0.2, 0.25) is 0 Å². The van der Waals surface area contributed by atoms with Crippen molar-refractivity contribution in [1.82, 2.24) is 16.1 Å². The number of nitrogens with one attached hydrogen (secondary N) is 3. The first-order valence-corrected chi connectivity index (χ1v) is 4.49. The van der Waals surface area contributed by atoms with E-state index in [0.29, 0.717) is 25.6 Å². The molecule has 0 aliphatic heterocycles. The van der Waals surface area contributed by atoms with E-state index in [2.05, 4.69) is 21.1 Å². The van der Waals surface area contributed by atoms with Gasteiger partial charge in [-0.05, 0) is 6.42 Å². The maximum absolute atomic E-state index is 10.3. The third-order valence-electron chi connectivity index (χ3n) is 1.35. The maximum atomic E-state index is 10.3. The molecule has 0 unspecified atom stereocenters. The summed E-state index contributed by atoms with van der Waals surface area (Å²) in [6.45, 7) is 3.68. The largest absolute Gasteiger partial charge is 0.354 e. The Morgan fingerprint density at radius 1 is 1.36 bits per heavy atom. The van der Waals surface area contributed by atoms with Crippen molar-refractivity contribution < 1.29 is 4.79 Å². The highest BCUT2D eigenvalue weighted by Crippen LogP contribution is 1.76. The van der Waals surface area contributed by atoms with Crippen molar-refractivity contribution in [2.24, 2.45) is 16.6 Å². The second kappa shape index (κ2) is 8.11. The Kier molecular flexibility index (Phi) is 7.24. The third kappa shape index (κ3) is 7.17. The highest BCUT2D eigenvalue weighted by Gasteiger charge is 1.94. The van der Waals surface area contributed by atoms with E-state index in [1.807, 2.05) is 6.92 Å². The Labute approximate surface area is 83.3 Å². The van der Waals surface area contributed by atoms with Gasteiger partial charge in [0, 0.05) is 19.6 Å². The highest BCUT2D eigenvalue weighted by molar-refractivity contribution is 5.79. The number of hydrogen-bond acceptors (Lipinski definition) is 3. The molecule has 14 heavy (non-hydrogen) atoms. The molecule has 0 aromatic heterocycles. The monoisotopic (exact) mass is 202 g/mol. The summed E-state index contributed by atoms with van der Waals surface area (Å²) in [7, 11) is 0. The molecule has 0 aliphatic rings. The highest BCUT2D eigenvalue weighted by atomic mass is 16.2. The predicted octanol–water partition coefficient (Wildman–Crippen LogP) is -1.53. The number of hydrazine groups is 1. The summed E-state index contributed by atoms with van der Waals surface area (Å²) in [5, 5.41) is 5.34. The molecule has 2 amide bonds. The van der Waals surface area contributed by atoms with Crippen molar-refractivity contribution in [3.05, 3.63) is 0 Å².